The predicted molar refractivity (Wildman–Crippen MR) is 78.8 cm³/mol. The van der Waals surface area contributed by atoms with Gasteiger partial charge in [-0.3, -0.25) is 9.78 Å². The van der Waals surface area contributed by atoms with Crippen LogP contribution in [-0.2, 0) is 17.8 Å². The van der Waals surface area contributed by atoms with Crippen LogP contribution in [0.5, 0.6) is 0 Å². The van der Waals surface area contributed by atoms with Crippen molar-refractivity contribution in [1.29, 1.82) is 0 Å². The van der Waals surface area contributed by atoms with E-state index in [1.165, 1.54) is 0 Å². The molecule has 1 atom stereocenters. The van der Waals surface area contributed by atoms with Crippen molar-refractivity contribution >= 4 is 5.91 Å². The lowest BCUT2D eigenvalue weighted by molar-refractivity contribution is -0.131. The Morgan fingerprint density at radius 2 is 1.80 bits per heavy atom. The summed E-state index contributed by atoms with van der Waals surface area (Å²) in [6.07, 6.45) is 4.00. The van der Waals surface area contributed by atoms with Crippen molar-refractivity contribution in [2.24, 2.45) is 5.73 Å². The van der Waals surface area contributed by atoms with Crippen molar-refractivity contribution in [3.8, 4) is 0 Å². The molecule has 0 saturated carbocycles. The molecule has 2 N–H and O–H groups in total. The topological polar surface area (TPSA) is 59.2 Å². The van der Waals surface area contributed by atoms with Crippen LogP contribution in [0.1, 0.15) is 11.1 Å². The van der Waals surface area contributed by atoms with Gasteiger partial charge in [-0.15, -0.1) is 0 Å². The molecule has 0 spiro atoms. The minimum atomic E-state index is -0.510. The quantitative estimate of drug-likeness (QED) is 0.897. The van der Waals surface area contributed by atoms with Gasteiger partial charge in [0.1, 0.15) is 0 Å². The van der Waals surface area contributed by atoms with Crippen molar-refractivity contribution < 1.29 is 4.79 Å². The molecule has 4 heteroatoms. The van der Waals surface area contributed by atoms with Gasteiger partial charge in [0.15, 0.2) is 0 Å². The number of hydrogen-bond acceptors (Lipinski definition) is 3. The molecule has 104 valence electrons. The van der Waals surface area contributed by atoms with Gasteiger partial charge >= 0.3 is 0 Å². The molecule has 0 aliphatic carbocycles. The van der Waals surface area contributed by atoms with Gasteiger partial charge in [-0.25, -0.2) is 0 Å². The molecule has 0 radical (unpaired) electrons. The molecule has 0 unspecified atom stereocenters. The Bertz CT molecular complexity index is 493. The largest absolute Gasteiger partial charge is 0.340 e. The van der Waals surface area contributed by atoms with E-state index in [0.29, 0.717) is 13.0 Å². The standard InChI is InChI=1S/C16H19N3O/c1-19(12-14-7-9-18-10-8-14)16(20)15(17)11-13-5-3-2-4-6-13/h2-10,15H,11-12,17H2,1H3/t15-/m0/s1. The first-order chi connectivity index (χ1) is 9.66. The summed E-state index contributed by atoms with van der Waals surface area (Å²) in [7, 11) is 1.77. The highest BCUT2D eigenvalue weighted by Crippen LogP contribution is 2.06. The fourth-order valence-electron chi connectivity index (χ4n) is 2.08. The number of nitrogens with zero attached hydrogens (tertiary/aromatic N) is 2. The SMILES string of the molecule is CN(Cc1ccncc1)C(=O)[C@@H](N)Cc1ccccc1. The summed E-state index contributed by atoms with van der Waals surface area (Å²) in [6, 6.07) is 13.1. The van der Waals surface area contributed by atoms with Crippen LogP contribution in [-0.4, -0.2) is 28.9 Å². The Morgan fingerprint density at radius 3 is 2.45 bits per heavy atom. The fraction of sp³-hybridized carbons (Fsp3) is 0.250. The Morgan fingerprint density at radius 1 is 1.15 bits per heavy atom. The van der Waals surface area contributed by atoms with E-state index in [-0.39, 0.29) is 5.91 Å². The molecule has 0 saturated heterocycles. The lowest BCUT2D eigenvalue weighted by Gasteiger charge is -2.21. The molecule has 2 aromatic rings. The number of aromatic nitrogens is 1. The van der Waals surface area contributed by atoms with Crippen LogP contribution in [0.4, 0.5) is 0 Å². The second-order valence-electron chi connectivity index (χ2n) is 4.85. The molecular weight excluding hydrogens is 250 g/mol. The Balaban J connectivity index is 1.93. The van der Waals surface area contributed by atoms with E-state index >= 15 is 0 Å². The zero-order valence-corrected chi connectivity index (χ0v) is 11.6. The van der Waals surface area contributed by atoms with Gasteiger partial charge in [0.25, 0.3) is 0 Å². The van der Waals surface area contributed by atoms with Crippen molar-refractivity contribution in [2.75, 3.05) is 7.05 Å². The van der Waals surface area contributed by atoms with Gasteiger partial charge in [0.2, 0.25) is 5.91 Å². The number of rotatable bonds is 5. The normalized spacial score (nSPS) is 11.9. The molecule has 0 bridgehead atoms. The molecular formula is C16H19N3O. The van der Waals surface area contributed by atoms with Gasteiger partial charge < -0.3 is 10.6 Å². The highest BCUT2D eigenvalue weighted by atomic mass is 16.2. The third-order valence-corrected chi connectivity index (χ3v) is 3.16. The summed E-state index contributed by atoms with van der Waals surface area (Å²) in [5.41, 5.74) is 8.12. The molecule has 2 rings (SSSR count). The number of hydrogen-bond donors (Lipinski definition) is 1. The second-order valence-corrected chi connectivity index (χ2v) is 4.85. The summed E-state index contributed by atoms with van der Waals surface area (Å²) in [6.45, 7) is 0.545. The molecule has 1 amide bonds. The second kappa shape index (κ2) is 6.82. The maximum absolute atomic E-state index is 12.2. The zero-order valence-electron chi connectivity index (χ0n) is 11.6. The van der Waals surface area contributed by atoms with Gasteiger partial charge in [-0.1, -0.05) is 30.3 Å². The number of likely N-dealkylation sites (N-methyl/N-ethyl adjacent to an activating group) is 1. The molecule has 0 fully saturated rings. The first-order valence-electron chi connectivity index (χ1n) is 6.60. The van der Waals surface area contributed by atoms with E-state index < -0.39 is 6.04 Å². The maximum Gasteiger partial charge on any atom is 0.239 e. The summed E-state index contributed by atoms with van der Waals surface area (Å²) in [4.78, 5) is 17.9. The lowest BCUT2D eigenvalue weighted by atomic mass is 10.1. The van der Waals surface area contributed by atoms with Crippen LogP contribution in [0.3, 0.4) is 0 Å². The van der Waals surface area contributed by atoms with Gasteiger partial charge in [-0.05, 0) is 29.7 Å². The molecule has 0 aliphatic heterocycles. The minimum absolute atomic E-state index is 0.0503. The van der Waals surface area contributed by atoms with Crippen LogP contribution in [0.15, 0.2) is 54.9 Å². The van der Waals surface area contributed by atoms with Gasteiger partial charge in [0.05, 0.1) is 6.04 Å². The van der Waals surface area contributed by atoms with E-state index in [1.54, 1.807) is 24.3 Å². The summed E-state index contributed by atoms with van der Waals surface area (Å²) < 4.78 is 0. The van der Waals surface area contributed by atoms with Crippen molar-refractivity contribution in [3.05, 3.63) is 66.0 Å². The van der Waals surface area contributed by atoms with Crippen LogP contribution in [0, 0.1) is 0 Å². The van der Waals surface area contributed by atoms with Crippen LogP contribution >= 0.6 is 0 Å². The number of carbonyl (C=O) groups excluding carboxylic acids is 1. The van der Waals surface area contributed by atoms with E-state index in [1.807, 2.05) is 42.5 Å². The smallest absolute Gasteiger partial charge is 0.239 e. The summed E-state index contributed by atoms with van der Waals surface area (Å²) >= 11 is 0. The highest BCUT2D eigenvalue weighted by molar-refractivity contribution is 5.81. The van der Waals surface area contributed by atoms with Crippen molar-refractivity contribution in [2.45, 2.75) is 19.0 Å². The average molecular weight is 269 g/mol. The molecule has 20 heavy (non-hydrogen) atoms. The number of nitrogens with two attached hydrogens (primary N) is 1. The van der Waals surface area contributed by atoms with Gasteiger partial charge in [-0.2, -0.15) is 0 Å². The predicted octanol–water partition coefficient (Wildman–Crippen LogP) is 1.61. The molecule has 1 aromatic carbocycles. The summed E-state index contributed by atoms with van der Waals surface area (Å²) in [5.74, 6) is -0.0503. The minimum Gasteiger partial charge on any atom is -0.340 e. The Labute approximate surface area is 119 Å². The van der Waals surface area contributed by atoms with Crippen LogP contribution in [0.25, 0.3) is 0 Å². The average Bonchev–Trinajstić information content (AvgIpc) is 2.48. The lowest BCUT2D eigenvalue weighted by Crippen LogP contribution is -2.42. The van der Waals surface area contributed by atoms with Crippen molar-refractivity contribution in [3.63, 3.8) is 0 Å². The number of benzene rings is 1. The van der Waals surface area contributed by atoms with Crippen LogP contribution < -0.4 is 5.73 Å². The Kier molecular flexibility index (Phi) is 4.85. The fourth-order valence-corrected chi connectivity index (χ4v) is 2.08. The Hall–Kier alpha value is -2.20. The van der Waals surface area contributed by atoms with Crippen LogP contribution in [0.2, 0.25) is 0 Å². The van der Waals surface area contributed by atoms with Gasteiger partial charge in [0, 0.05) is 26.0 Å². The molecule has 1 heterocycles. The van der Waals surface area contributed by atoms with Crippen molar-refractivity contribution in [1.82, 2.24) is 9.88 Å². The first kappa shape index (κ1) is 14.2. The first-order valence-corrected chi connectivity index (χ1v) is 6.60. The maximum atomic E-state index is 12.2. The van der Waals surface area contributed by atoms with E-state index in [4.69, 9.17) is 5.73 Å². The molecule has 1 aromatic heterocycles. The summed E-state index contributed by atoms with van der Waals surface area (Å²) in [5, 5.41) is 0. The number of carbonyl (C=O) groups is 1. The highest BCUT2D eigenvalue weighted by Gasteiger charge is 2.18. The van der Waals surface area contributed by atoms with E-state index in [2.05, 4.69) is 4.98 Å². The third kappa shape index (κ3) is 3.90. The molecule has 0 aliphatic rings. The third-order valence-electron chi connectivity index (χ3n) is 3.16. The molecule has 4 nitrogen and oxygen atoms in total. The number of pyridine rings is 1. The number of amides is 1. The zero-order chi connectivity index (χ0) is 14.4. The monoisotopic (exact) mass is 269 g/mol. The van der Waals surface area contributed by atoms with E-state index in [9.17, 15) is 4.79 Å². The van der Waals surface area contributed by atoms with E-state index in [0.717, 1.165) is 11.1 Å².